The molecule has 1 heterocycles. The standard InChI is InChI=1S/C13H17N3O6/c1-8(13(22)14-7-12(20)21)15-9(17)3-2-6-16-10(18)4-5-11(16)19/h4-5,8H,2-3,6-7H2,1H3,(H,14,22)(H,15,17)(H,20,21). The molecule has 0 spiro atoms. The predicted molar refractivity (Wildman–Crippen MR) is 73.3 cm³/mol. The molecule has 4 amide bonds. The second-order valence-corrected chi connectivity index (χ2v) is 4.67. The van der Waals surface area contributed by atoms with E-state index in [0.29, 0.717) is 0 Å². The Morgan fingerprint density at radius 1 is 1.23 bits per heavy atom. The number of nitrogens with zero attached hydrogens (tertiary/aromatic N) is 1. The lowest BCUT2D eigenvalue weighted by Crippen LogP contribution is -2.46. The molecule has 0 aliphatic carbocycles. The van der Waals surface area contributed by atoms with Crippen molar-refractivity contribution < 1.29 is 29.1 Å². The van der Waals surface area contributed by atoms with Gasteiger partial charge in [0.2, 0.25) is 11.8 Å². The Morgan fingerprint density at radius 2 is 1.82 bits per heavy atom. The van der Waals surface area contributed by atoms with Gasteiger partial charge in [-0.05, 0) is 13.3 Å². The van der Waals surface area contributed by atoms with Crippen LogP contribution in [0.5, 0.6) is 0 Å². The first-order chi connectivity index (χ1) is 10.3. The molecule has 1 unspecified atom stereocenters. The van der Waals surface area contributed by atoms with E-state index in [2.05, 4.69) is 10.6 Å². The van der Waals surface area contributed by atoms with E-state index in [1.165, 1.54) is 6.92 Å². The van der Waals surface area contributed by atoms with Crippen molar-refractivity contribution in [3.63, 3.8) is 0 Å². The van der Waals surface area contributed by atoms with Crippen LogP contribution in [-0.4, -0.2) is 58.7 Å². The minimum atomic E-state index is -1.18. The maximum atomic E-state index is 11.6. The summed E-state index contributed by atoms with van der Waals surface area (Å²) < 4.78 is 0. The van der Waals surface area contributed by atoms with E-state index < -0.39 is 42.2 Å². The lowest BCUT2D eigenvalue weighted by molar-refractivity contribution is -0.139. The van der Waals surface area contributed by atoms with Crippen LogP contribution in [-0.2, 0) is 24.0 Å². The summed E-state index contributed by atoms with van der Waals surface area (Å²) >= 11 is 0. The number of hydrogen-bond donors (Lipinski definition) is 3. The fraction of sp³-hybridized carbons (Fsp3) is 0.462. The van der Waals surface area contributed by atoms with E-state index in [0.717, 1.165) is 17.1 Å². The zero-order valence-corrected chi connectivity index (χ0v) is 12.0. The SMILES string of the molecule is CC(NC(=O)CCCN1C(=O)C=CC1=O)C(=O)NCC(=O)O. The Bertz CT molecular complexity index is 510. The third kappa shape index (κ3) is 5.35. The Hall–Kier alpha value is -2.71. The average molecular weight is 311 g/mol. The summed E-state index contributed by atoms with van der Waals surface area (Å²) in [6, 6.07) is -0.872. The van der Waals surface area contributed by atoms with Crippen LogP contribution in [0.4, 0.5) is 0 Å². The van der Waals surface area contributed by atoms with Gasteiger partial charge in [-0.2, -0.15) is 0 Å². The number of rotatable bonds is 8. The van der Waals surface area contributed by atoms with Crippen LogP contribution in [0.1, 0.15) is 19.8 Å². The summed E-state index contributed by atoms with van der Waals surface area (Å²) in [4.78, 5) is 56.9. The van der Waals surface area contributed by atoms with E-state index >= 15 is 0 Å². The maximum absolute atomic E-state index is 11.6. The Labute approximate surface area is 126 Å². The van der Waals surface area contributed by atoms with Gasteiger partial charge >= 0.3 is 5.97 Å². The predicted octanol–water partition coefficient (Wildman–Crippen LogP) is -1.60. The van der Waals surface area contributed by atoms with Crippen molar-refractivity contribution in [1.82, 2.24) is 15.5 Å². The van der Waals surface area contributed by atoms with Crippen molar-refractivity contribution in [1.29, 1.82) is 0 Å². The molecular formula is C13H17N3O6. The number of carboxylic acid groups (broad SMARTS) is 1. The van der Waals surface area contributed by atoms with E-state index in [-0.39, 0.29) is 19.4 Å². The fourth-order valence-corrected chi connectivity index (χ4v) is 1.74. The molecule has 120 valence electrons. The van der Waals surface area contributed by atoms with E-state index in [1.54, 1.807) is 0 Å². The largest absolute Gasteiger partial charge is 0.480 e. The van der Waals surface area contributed by atoms with Gasteiger partial charge < -0.3 is 15.7 Å². The third-order valence-electron chi connectivity index (χ3n) is 2.87. The third-order valence-corrected chi connectivity index (χ3v) is 2.87. The highest BCUT2D eigenvalue weighted by Gasteiger charge is 2.23. The summed E-state index contributed by atoms with van der Waals surface area (Å²) in [6.07, 6.45) is 2.64. The second-order valence-electron chi connectivity index (χ2n) is 4.67. The van der Waals surface area contributed by atoms with Crippen LogP contribution in [0.15, 0.2) is 12.2 Å². The van der Waals surface area contributed by atoms with Crippen LogP contribution in [0.25, 0.3) is 0 Å². The molecule has 9 heteroatoms. The number of carbonyl (C=O) groups is 5. The summed E-state index contributed by atoms with van der Waals surface area (Å²) in [5.41, 5.74) is 0. The first kappa shape index (κ1) is 17.3. The summed E-state index contributed by atoms with van der Waals surface area (Å²) in [6.45, 7) is 1.02. The van der Waals surface area contributed by atoms with Crippen LogP contribution >= 0.6 is 0 Å². The number of amides is 4. The number of hydrogen-bond acceptors (Lipinski definition) is 5. The van der Waals surface area contributed by atoms with Gasteiger partial charge in [-0.3, -0.25) is 28.9 Å². The Balaban J connectivity index is 2.25. The molecule has 0 bridgehead atoms. The Morgan fingerprint density at radius 3 is 2.36 bits per heavy atom. The molecule has 0 saturated heterocycles. The fourth-order valence-electron chi connectivity index (χ4n) is 1.74. The van der Waals surface area contributed by atoms with Crippen molar-refractivity contribution in [2.24, 2.45) is 0 Å². The zero-order valence-electron chi connectivity index (χ0n) is 12.0. The molecule has 0 saturated carbocycles. The number of carbonyl (C=O) groups excluding carboxylic acids is 4. The van der Waals surface area contributed by atoms with Gasteiger partial charge in [0, 0.05) is 25.1 Å². The maximum Gasteiger partial charge on any atom is 0.322 e. The minimum Gasteiger partial charge on any atom is -0.480 e. The van der Waals surface area contributed by atoms with Gasteiger partial charge in [-0.1, -0.05) is 0 Å². The lowest BCUT2D eigenvalue weighted by Gasteiger charge is -2.15. The van der Waals surface area contributed by atoms with Gasteiger partial charge in [0.1, 0.15) is 12.6 Å². The number of imide groups is 1. The molecule has 0 aromatic heterocycles. The van der Waals surface area contributed by atoms with E-state index in [1.807, 2.05) is 0 Å². The molecule has 9 nitrogen and oxygen atoms in total. The lowest BCUT2D eigenvalue weighted by atomic mass is 10.2. The van der Waals surface area contributed by atoms with Gasteiger partial charge in [-0.15, -0.1) is 0 Å². The number of aliphatic carboxylic acids is 1. The smallest absolute Gasteiger partial charge is 0.322 e. The summed E-state index contributed by atoms with van der Waals surface area (Å²) in [5, 5.41) is 13.0. The van der Waals surface area contributed by atoms with Crippen molar-refractivity contribution >= 4 is 29.6 Å². The summed E-state index contributed by atoms with van der Waals surface area (Å²) in [7, 11) is 0. The zero-order chi connectivity index (χ0) is 16.7. The van der Waals surface area contributed by atoms with Crippen molar-refractivity contribution in [3.8, 4) is 0 Å². The highest BCUT2D eigenvalue weighted by molar-refractivity contribution is 6.12. The molecule has 22 heavy (non-hydrogen) atoms. The number of nitrogens with one attached hydrogen (secondary N) is 2. The molecule has 1 aliphatic rings. The Kier molecular flexibility index (Phi) is 6.24. The molecule has 1 atom stereocenters. The topological polar surface area (TPSA) is 133 Å². The highest BCUT2D eigenvalue weighted by Crippen LogP contribution is 2.05. The van der Waals surface area contributed by atoms with Crippen molar-refractivity contribution in [2.75, 3.05) is 13.1 Å². The number of carboxylic acids is 1. The first-order valence-corrected chi connectivity index (χ1v) is 6.63. The molecule has 0 aromatic carbocycles. The van der Waals surface area contributed by atoms with Crippen LogP contribution in [0.3, 0.4) is 0 Å². The van der Waals surface area contributed by atoms with Crippen LogP contribution in [0, 0.1) is 0 Å². The van der Waals surface area contributed by atoms with Crippen LogP contribution < -0.4 is 10.6 Å². The molecule has 3 N–H and O–H groups in total. The highest BCUT2D eigenvalue weighted by atomic mass is 16.4. The van der Waals surface area contributed by atoms with Crippen LogP contribution in [0.2, 0.25) is 0 Å². The van der Waals surface area contributed by atoms with Gasteiger partial charge in [0.15, 0.2) is 0 Å². The van der Waals surface area contributed by atoms with Crippen molar-refractivity contribution in [2.45, 2.75) is 25.8 Å². The van der Waals surface area contributed by atoms with Gasteiger partial charge in [0.05, 0.1) is 0 Å². The molecule has 1 aliphatic heterocycles. The molecule has 0 aromatic rings. The normalized spacial score (nSPS) is 14.9. The van der Waals surface area contributed by atoms with E-state index in [4.69, 9.17) is 5.11 Å². The van der Waals surface area contributed by atoms with Crippen molar-refractivity contribution in [3.05, 3.63) is 12.2 Å². The van der Waals surface area contributed by atoms with E-state index in [9.17, 15) is 24.0 Å². The molecule has 0 radical (unpaired) electrons. The first-order valence-electron chi connectivity index (χ1n) is 6.63. The minimum absolute atomic E-state index is 0.0353. The molecular weight excluding hydrogens is 294 g/mol. The molecule has 0 fully saturated rings. The average Bonchev–Trinajstić information content (AvgIpc) is 2.76. The summed E-state index contributed by atoms with van der Waals surface area (Å²) in [5.74, 6) is -3.03. The molecule has 1 rings (SSSR count). The van der Waals surface area contributed by atoms with Gasteiger partial charge in [-0.25, -0.2) is 0 Å². The monoisotopic (exact) mass is 311 g/mol. The quantitative estimate of drug-likeness (QED) is 0.462. The second kappa shape index (κ2) is 7.91. The van der Waals surface area contributed by atoms with Gasteiger partial charge in [0.25, 0.3) is 11.8 Å².